The molecule has 1 aliphatic rings. The lowest BCUT2D eigenvalue weighted by molar-refractivity contribution is -0.0102. The molecule has 0 radical (unpaired) electrons. The van der Waals surface area contributed by atoms with Gasteiger partial charge < -0.3 is 19.1 Å². The van der Waals surface area contributed by atoms with Crippen molar-refractivity contribution >= 4 is 27.7 Å². The Morgan fingerprint density at radius 1 is 1.60 bits per heavy atom. The van der Waals surface area contributed by atoms with Crippen LogP contribution in [0.4, 0.5) is 5.82 Å². The minimum absolute atomic E-state index is 0.00392. The highest BCUT2D eigenvalue weighted by Gasteiger charge is 2.25. The highest BCUT2D eigenvalue weighted by Crippen LogP contribution is 2.29. The number of anilines is 1. The standard InChI is InChI=1S/C13H17BrN2O4/c1-18-8-9-7-16(5-6-20-9)12-11(14)10(3-4-15-12)13(17)19-2/h3-4,9H,5-8H2,1-2H3. The van der Waals surface area contributed by atoms with Gasteiger partial charge in [-0.15, -0.1) is 0 Å². The van der Waals surface area contributed by atoms with Crippen LogP contribution in [0.1, 0.15) is 10.4 Å². The lowest BCUT2D eigenvalue weighted by Gasteiger charge is -2.34. The summed E-state index contributed by atoms with van der Waals surface area (Å²) in [5, 5.41) is 0. The number of carbonyl (C=O) groups is 1. The minimum atomic E-state index is -0.387. The SMILES string of the molecule is COCC1CN(c2nccc(C(=O)OC)c2Br)CCO1. The molecule has 1 fully saturated rings. The summed E-state index contributed by atoms with van der Waals surface area (Å²) < 4.78 is 16.1. The van der Waals surface area contributed by atoms with Gasteiger partial charge in [-0.2, -0.15) is 0 Å². The second-order valence-electron chi connectivity index (χ2n) is 4.38. The van der Waals surface area contributed by atoms with Crippen molar-refractivity contribution in [1.29, 1.82) is 0 Å². The van der Waals surface area contributed by atoms with E-state index in [0.29, 0.717) is 29.8 Å². The number of esters is 1. The van der Waals surface area contributed by atoms with Crippen molar-refractivity contribution in [3.63, 3.8) is 0 Å². The van der Waals surface area contributed by atoms with E-state index < -0.39 is 0 Å². The fourth-order valence-electron chi connectivity index (χ4n) is 2.12. The van der Waals surface area contributed by atoms with E-state index in [4.69, 9.17) is 14.2 Å². The molecule has 0 N–H and O–H groups in total. The number of hydrogen-bond acceptors (Lipinski definition) is 6. The Morgan fingerprint density at radius 3 is 3.10 bits per heavy atom. The number of hydrogen-bond donors (Lipinski definition) is 0. The van der Waals surface area contributed by atoms with E-state index >= 15 is 0 Å². The summed E-state index contributed by atoms with van der Waals surface area (Å²) in [5.41, 5.74) is 0.465. The van der Waals surface area contributed by atoms with Crippen LogP contribution in [0.15, 0.2) is 16.7 Å². The molecule has 7 heteroatoms. The normalized spacial score (nSPS) is 18.9. The Bertz CT molecular complexity index is 481. The van der Waals surface area contributed by atoms with Gasteiger partial charge in [-0.3, -0.25) is 0 Å². The molecule has 0 bridgehead atoms. The first-order chi connectivity index (χ1) is 9.67. The summed E-state index contributed by atoms with van der Waals surface area (Å²) in [7, 11) is 3.01. The van der Waals surface area contributed by atoms with E-state index in [2.05, 4.69) is 25.8 Å². The monoisotopic (exact) mass is 344 g/mol. The Hall–Kier alpha value is -1.18. The Labute approximate surface area is 126 Å². The van der Waals surface area contributed by atoms with Gasteiger partial charge in [0.05, 0.1) is 36.5 Å². The second-order valence-corrected chi connectivity index (χ2v) is 5.17. The molecule has 0 spiro atoms. The van der Waals surface area contributed by atoms with Gasteiger partial charge in [0.25, 0.3) is 0 Å². The molecule has 6 nitrogen and oxygen atoms in total. The molecular weight excluding hydrogens is 328 g/mol. The van der Waals surface area contributed by atoms with Crippen LogP contribution in [-0.4, -0.2) is 57.6 Å². The molecule has 110 valence electrons. The van der Waals surface area contributed by atoms with E-state index in [1.807, 2.05) is 0 Å². The third kappa shape index (κ3) is 3.28. The molecule has 2 heterocycles. The maximum atomic E-state index is 11.7. The largest absolute Gasteiger partial charge is 0.465 e. The number of pyridine rings is 1. The maximum absolute atomic E-state index is 11.7. The molecule has 0 saturated carbocycles. The molecule has 1 aromatic rings. The van der Waals surface area contributed by atoms with Crippen molar-refractivity contribution in [3.05, 3.63) is 22.3 Å². The number of nitrogens with zero attached hydrogens (tertiary/aromatic N) is 2. The Morgan fingerprint density at radius 2 is 2.40 bits per heavy atom. The molecule has 0 aromatic carbocycles. The van der Waals surface area contributed by atoms with Gasteiger partial charge in [0, 0.05) is 26.4 Å². The second kappa shape index (κ2) is 7.01. The molecule has 1 atom stereocenters. The lowest BCUT2D eigenvalue weighted by atomic mass is 10.2. The quantitative estimate of drug-likeness (QED) is 0.771. The zero-order valence-corrected chi connectivity index (χ0v) is 13.1. The summed E-state index contributed by atoms with van der Waals surface area (Å²) in [6.07, 6.45) is 1.61. The first-order valence-electron chi connectivity index (χ1n) is 6.25. The van der Waals surface area contributed by atoms with Crippen LogP contribution < -0.4 is 4.90 Å². The van der Waals surface area contributed by atoms with Gasteiger partial charge in [-0.1, -0.05) is 0 Å². The number of carbonyl (C=O) groups excluding carboxylic acids is 1. The zero-order valence-electron chi connectivity index (χ0n) is 11.5. The predicted molar refractivity (Wildman–Crippen MR) is 77.1 cm³/mol. The maximum Gasteiger partial charge on any atom is 0.339 e. The lowest BCUT2D eigenvalue weighted by Crippen LogP contribution is -2.45. The van der Waals surface area contributed by atoms with Crippen molar-refractivity contribution in [2.24, 2.45) is 0 Å². The van der Waals surface area contributed by atoms with Crippen LogP contribution in [0.3, 0.4) is 0 Å². The van der Waals surface area contributed by atoms with Crippen LogP contribution in [0.5, 0.6) is 0 Å². The number of rotatable bonds is 4. The van der Waals surface area contributed by atoms with E-state index in [1.165, 1.54) is 7.11 Å². The van der Waals surface area contributed by atoms with Crippen molar-refractivity contribution < 1.29 is 19.0 Å². The fourth-order valence-corrected chi connectivity index (χ4v) is 2.77. The van der Waals surface area contributed by atoms with Crippen LogP contribution in [-0.2, 0) is 14.2 Å². The minimum Gasteiger partial charge on any atom is -0.465 e. The number of aromatic nitrogens is 1. The Kier molecular flexibility index (Phi) is 5.33. The van der Waals surface area contributed by atoms with Gasteiger partial charge in [0.15, 0.2) is 0 Å². The number of methoxy groups -OCH3 is 2. The summed E-state index contributed by atoms with van der Waals surface area (Å²) in [5.74, 6) is 0.333. The first kappa shape index (κ1) is 15.2. The van der Waals surface area contributed by atoms with Gasteiger partial charge in [-0.25, -0.2) is 9.78 Å². The van der Waals surface area contributed by atoms with Gasteiger partial charge in [0.1, 0.15) is 5.82 Å². The van der Waals surface area contributed by atoms with Gasteiger partial charge >= 0.3 is 5.97 Å². The van der Waals surface area contributed by atoms with Crippen LogP contribution >= 0.6 is 15.9 Å². The summed E-state index contributed by atoms with van der Waals surface area (Å²) >= 11 is 3.44. The third-order valence-corrected chi connectivity index (χ3v) is 3.85. The zero-order chi connectivity index (χ0) is 14.5. The van der Waals surface area contributed by atoms with Crippen molar-refractivity contribution in [2.45, 2.75) is 6.10 Å². The van der Waals surface area contributed by atoms with Crippen molar-refractivity contribution in [1.82, 2.24) is 4.98 Å². The summed E-state index contributed by atoms with van der Waals surface area (Å²) in [6.45, 7) is 2.52. The number of halogens is 1. The summed E-state index contributed by atoms with van der Waals surface area (Å²) in [6, 6.07) is 1.63. The van der Waals surface area contributed by atoms with E-state index in [0.717, 1.165) is 12.4 Å². The van der Waals surface area contributed by atoms with E-state index in [-0.39, 0.29) is 12.1 Å². The molecule has 1 aliphatic heterocycles. The third-order valence-electron chi connectivity index (χ3n) is 3.07. The van der Waals surface area contributed by atoms with Crippen molar-refractivity contribution in [2.75, 3.05) is 45.4 Å². The fraction of sp³-hybridized carbons (Fsp3) is 0.538. The smallest absolute Gasteiger partial charge is 0.339 e. The van der Waals surface area contributed by atoms with Crippen molar-refractivity contribution in [3.8, 4) is 0 Å². The molecule has 2 rings (SSSR count). The highest BCUT2D eigenvalue weighted by atomic mass is 79.9. The average Bonchev–Trinajstić information content (AvgIpc) is 2.47. The Balaban J connectivity index is 2.22. The molecule has 1 aromatic heterocycles. The van der Waals surface area contributed by atoms with E-state index in [1.54, 1.807) is 19.4 Å². The van der Waals surface area contributed by atoms with Gasteiger partial charge in [0.2, 0.25) is 0 Å². The highest BCUT2D eigenvalue weighted by molar-refractivity contribution is 9.10. The molecule has 20 heavy (non-hydrogen) atoms. The molecule has 0 aliphatic carbocycles. The molecular formula is C13H17BrN2O4. The number of ether oxygens (including phenoxy) is 3. The van der Waals surface area contributed by atoms with Crippen LogP contribution in [0.2, 0.25) is 0 Å². The molecule has 1 unspecified atom stereocenters. The first-order valence-corrected chi connectivity index (χ1v) is 7.05. The average molecular weight is 345 g/mol. The topological polar surface area (TPSA) is 60.9 Å². The molecule has 1 saturated heterocycles. The predicted octanol–water partition coefficient (Wildman–Crippen LogP) is 1.48. The van der Waals surface area contributed by atoms with Gasteiger partial charge in [-0.05, 0) is 22.0 Å². The van der Waals surface area contributed by atoms with Crippen LogP contribution in [0.25, 0.3) is 0 Å². The van der Waals surface area contributed by atoms with Crippen LogP contribution in [0, 0.1) is 0 Å². The number of morpholine rings is 1. The molecule has 0 amide bonds. The van der Waals surface area contributed by atoms with E-state index in [9.17, 15) is 4.79 Å². The summed E-state index contributed by atoms with van der Waals surface area (Å²) in [4.78, 5) is 18.1.